The van der Waals surface area contributed by atoms with Gasteiger partial charge in [0.15, 0.2) is 0 Å². The van der Waals surface area contributed by atoms with Crippen LogP contribution in [-0.4, -0.2) is 48.6 Å². The number of methoxy groups -OCH3 is 1. The van der Waals surface area contributed by atoms with Crippen molar-refractivity contribution in [2.75, 3.05) is 13.7 Å². The molecule has 0 radical (unpaired) electrons. The topological polar surface area (TPSA) is 70.7 Å². The van der Waals surface area contributed by atoms with Gasteiger partial charge in [0.1, 0.15) is 0 Å². The normalized spacial score (nSPS) is 18.4. The Bertz CT molecular complexity index is 1140. The Morgan fingerprint density at radius 1 is 1.00 bits per heavy atom. The van der Waals surface area contributed by atoms with Crippen LogP contribution in [0.4, 0.5) is 0 Å². The third-order valence-corrected chi connectivity index (χ3v) is 6.31. The van der Waals surface area contributed by atoms with E-state index < -0.39 is 0 Å². The number of esters is 1. The third kappa shape index (κ3) is 5.82. The number of nitrogens with one attached hydrogen (secondary N) is 2. The predicted octanol–water partition coefficient (Wildman–Crippen LogP) is 3.88. The van der Waals surface area contributed by atoms with Crippen LogP contribution in [0.2, 0.25) is 0 Å². The predicted molar refractivity (Wildman–Crippen MR) is 134 cm³/mol. The van der Waals surface area contributed by atoms with E-state index in [1.807, 2.05) is 32.0 Å². The van der Waals surface area contributed by atoms with Crippen LogP contribution in [0.1, 0.15) is 41.8 Å². The molecule has 0 spiro atoms. The largest absolute Gasteiger partial charge is 0.465 e. The van der Waals surface area contributed by atoms with E-state index in [9.17, 15) is 9.59 Å². The summed E-state index contributed by atoms with van der Waals surface area (Å²) in [5.74, 6) is -0.249. The number of rotatable bonds is 8. The molecule has 6 nitrogen and oxygen atoms in total. The maximum Gasteiger partial charge on any atom is 0.337 e. The van der Waals surface area contributed by atoms with Gasteiger partial charge in [-0.1, -0.05) is 48.5 Å². The molecule has 3 aromatic rings. The minimum atomic E-state index is -0.335. The van der Waals surface area contributed by atoms with Crippen LogP contribution in [0, 0.1) is 0 Å². The minimum absolute atomic E-state index is 0.0857. The molecular formula is C28H33N3O3. The smallest absolute Gasteiger partial charge is 0.337 e. The van der Waals surface area contributed by atoms with Crippen LogP contribution < -0.4 is 10.6 Å². The van der Waals surface area contributed by atoms with Gasteiger partial charge in [0, 0.05) is 31.7 Å². The second-order valence-electron chi connectivity index (χ2n) is 9.29. The van der Waals surface area contributed by atoms with Crippen LogP contribution >= 0.6 is 0 Å². The van der Waals surface area contributed by atoms with Crippen LogP contribution in [0.5, 0.6) is 0 Å². The Kier molecular flexibility index (Phi) is 7.60. The van der Waals surface area contributed by atoms with Crippen molar-refractivity contribution in [2.45, 2.75) is 51.5 Å². The first-order valence-electron chi connectivity index (χ1n) is 11.9. The Balaban J connectivity index is 1.43. The summed E-state index contributed by atoms with van der Waals surface area (Å²) in [6.07, 6.45) is 0.756. The summed E-state index contributed by atoms with van der Waals surface area (Å²) in [6.45, 7) is 6.19. The molecule has 0 unspecified atom stereocenters. The van der Waals surface area contributed by atoms with Gasteiger partial charge in [-0.15, -0.1) is 0 Å². The van der Waals surface area contributed by atoms with E-state index in [4.69, 9.17) is 4.74 Å². The summed E-state index contributed by atoms with van der Waals surface area (Å²) in [5.41, 5.74) is 2.84. The van der Waals surface area contributed by atoms with E-state index in [-0.39, 0.29) is 30.0 Å². The lowest BCUT2D eigenvalue weighted by atomic mass is 10.1. The zero-order valence-corrected chi connectivity index (χ0v) is 20.1. The third-order valence-electron chi connectivity index (χ3n) is 6.31. The standard InChI is InChI=1S/C28H33N3O3/c1-19(2)30-27(32)26-15-25(29-16-20-8-12-23(13-9-20)28(33)34-3)18-31(26)17-21-10-11-22-6-4-5-7-24(22)14-21/h4-14,19,25-26,29H,15-18H2,1-3H3,(H,30,32)/t25-,26-/m0/s1. The van der Waals surface area contributed by atoms with E-state index in [0.717, 1.165) is 25.1 Å². The molecule has 1 amide bonds. The summed E-state index contributed by atoms with van der Waals surface area (Å²) in [4.78, 5) is 26.9. The lowest BCUT2D eigenvalue weighted by Gasteiger charge is -2.24. The van der Waals surface area contributed by atoms with Gasteiger partial charge in [0.25, 0.3) is 0 Å². The van der Waals surface area contributed by atoms with E-state index in [2.05, 4.69) is 51.9 Å². The van der Waals surface area contributed by atoms with Crippen molar-refractivity contribution in [1.29, 1.82) is 0 Å². The van der Waals surface area contributed by atoms with Gasteiger partial charge in [-0.05, 0) is 60.4 Å². The zero-order chi connectivity index (χ0) is 24.1. The monoisotopic (exact) mass is 459 g/mol. The van der Waals surface area contributed by atoms with Crippen molar-refractivity contribution in [3.8, 4) is 0 Å². The molecule has 0 bridgehead atoms. The molecule has 1 fully saturated rings. The highest BCUT2D eigenvalue weighted by molar-refractivity contribution is 5.89. The highest BCUT2D eigenvalue weighted by Gasteiger charge is 2.36. The minimum Gasteiger partial charge on any atom is -0.465 e. The van der Waals surface area contributed by atoms with Crippen molar-refractivity contribution in [1.82, 2.24) is 15.5 Å². The van der Waals surface area contributed by atoms with Gasteiger partial charge in [-0.2, -0.15) is 0 Å². The van der Waals surface area contributed by atoms with Crippen molar-refractivity contribution in [2.24, 2.45) is 0 Å². The van der Waals surface area contributed by atoms with Gasteiger partial charge in [-0.3, -0.25) is 9.69 Å². The summed E-state index contributed by atoms with van der Waals surface area (Å²) in [6, 6.07) is 22.4. The second kappa shape index (κ2) is 10.8. The average molecular weight is 460 g/mol. The van der Waals surface area contributed by atoms with Gasteiger partial charge in [0.2, 0.25) is 5.91 Å². The van der Waals surface area contributed by atoms with Crippen molar-refractivity contribution in [3.63, 3.8) is 0 Å². The first-order valence-corrected chi connectivity index (χ1v) is 11.9. The number of carbonyl (C=O) groups is 2. The lowest BCUT2D eigenvalue weighted by molar-refractivity contribution is -0.126. The maximum atomic E-state index is 13.0. The number of hydrogen-bond acceptors (Lipinski definition) is 5. The number of nitrogens with zero attached hydrogens (tertiary/aromatic N) is 1. The molecule has 178 valence electrons. The van der Waals surface area contributed by atoms with Crippen molar-refractivity contribution < 1.29 is 14.3 Å². The van der Waals surface area contributed by atoms with Gasteiger partial charge < -0.3 is 15.4 Å². The van der Waals surface area contributed by atoms with Crippen LogP contribution in [0.3, 0.4) is 0 Å². The Morgan fingerprint density at radius 3 is 2.41 bits per heavy atom. The fraction of sp³-hybridized carbons (Fsp3) is 0.357. The molecule has 34 heavy (non-hydrogen) atoms. The molecular weight excluding hydrogens is 426 g/mol. The summed E-state index contributed by atoms with van der Waals surface area (Å²) in [7, 11) is 1.38. The molecule has 4 rings (SSSR count). The van der Waals surface area contributed by atoms with Crippen LogP contribution in [-0.2, 0) is 22.6 Å². The van der Waals surface area contributed by atoms with E-state index >= 15 is 0 Å². The highest BCUT2D eigenvalue weighted by Crippen LogP contribution is 2.24. The average Bonchev–Trinajstić information content (AvgIpc) is 3.25. The lowest BCUT2D eigenvalue weighted by Crippen LogP contribution is -2.45. The SMILES string of the molecule is COC(=O)c1ccc(CN[C@H]2C[C@@H](C(=O)NC(C)C)N(Cc3ccc4ccccc4c3)C2)cc1. The van der Waals surface area contributed by atoms with Gasteiger partial charge >= 0.3 is 5.97 Å². The van der Waals surface area contributed by atoms with E-state index in [1.165, 1.54) is 23.4 Å². The molecule has 6 heteroatoms. The number of carbonyl (C=O) groups excluding carboxylic acids is 2. The number of ether oxygens (including phenoxy) is 1. The number of hydrogen-bond donors (Lipinski definition) is 2. The van der Waals surface area contributed by atoms with Gasteiger partial charge in [0.05, 0.1) is 18.7 Å². The fourth-order valence-corrected chi connectivity index (χ4v) is 4.59. The molecule has 1 saturated heterocycles. The molecule has 0 saturated carbocycles. The zero-order valence-electron chi connectivity index (χ0n) is 20.1. The summed E-state index contributed by atoms with van der Waals surface area (Å²) in [5, 5.41) is 9.14. The molecule has 3 aromatic carbocycles. The van der Waals surface area contributed by atoms with Gasteiger partial charge in [-0.25, -0.2) is 4.79 Å². The molecule has 2 atom stereocenters. The number of amides is 1. The fourth-order valence-electron chi connectivity index (χ4n) is 4.59. The molecule has 2 N–H and O–H groups in total. The Hall–Kier alpha value is -3.22. The summed E-state index contributed by atoms with van der Waals surface area (Å²) >= 11 is 0. The quantitative estimate of drug-likeness (QED) is 0.500. The maximum absolute atomic E-state index is 13.0. The molecule has 1 aliphatic heterocycles. The van der Waals surface area contributed by atoms with E-state index in [0.29, 0.717) is 12.1 Å². The number of likely N-dealkylation sites (tertiary alicyclic amines) is 1. The number of fused-ring (bicyclic) bond motifs is 1. The van der Waals surface area contributed by atoms with Crippen LogP contribution in [0.15, 0.2) is 66.7 Å². The summed E-state index contributed by atoms with van der Waals surface area (Å²) < 4.78 is 4.77. The van der Waals surface area contributed by atoms with E-state index in [1.54, 1.807) is 12.1 Å². The van der Waals surface area contributed by atoms with Crippen molar-refractivity contribution in [3.05, 3.63) is 83.4 Å². The first kappa shape index (κ1) is 23.9. The highest BCUT2D eigenvalue weighted by atomic mass is 16.5. The Morgan fingerprint density at radius 2 is 1.71 bits per heavy atom. The molecule has 1 heterocycles. The molecule has 0 aromatic heterocycles. The molecule has 1 aliphatic rings. The van der Waals surface area contributed by atoms with Crippen LogP contribution in [0.25, 0.3) is 10.8 Å². The number of benzene rings is 3. The second-order valence-corrected chi connectivity index (χ2v) is 9.29. The van der Waals surface area contributed by atoms with Crippen molar-refractivity contribution >= 4 is 22.6 Å². The first-order chi connectivity index (χ1) is 16.4. The Labute approximate surface area is 201 Å². The molecule has 0 aliphatic carbocycles.